The lowest BCUT2D eigenvalue weighted by atomic mass is 9.99. The molecule has 0 aliphatic carbocycles. The molecule has 40 heavy (non-hydrogen) atoms. The number of hydrogen-bond donors (Lipinski definition) is 0. The van der Waals surface area contributed by atoms with Gasteiger partial charge in [-0.25, -0.2) is 4.98 Å². The molecule has 1 aromatic heterocycles. The summed E-state index contributed by atoms with van der Waals surface area (Å²) < 4.78 is 10.7. The fourth-order valence-electron chi connectivity index (χ4n) is 5.05. The number of aromatic nitrogens is 1. The lowest BCUT2D eigenvalue weighted by Gasteiger charge is -2.29. The van der Waals surface area contributed by atoms with Crippen LogP contribution >= 0.6 is 0 Å². The number of anilines is 2. The third-order valence-corrected chi connectivity index (χ3v) is 7.31. The van der Waals surface area contributed by atoms with Crippen LogP contribution in [-0.4, -0.2) is 38.6 Å². The maximum absolute atomic E-state index is 12.1. The zero-order valence-electron chi connectivity index (χ0n) is 23.3. The Morgan fingerprint density at radius 3 is 2.05 bits per heavy atom. The fraction of sp³-hybridized carbons (Fsp3) is 0.235. The highest BCUT2D eigenvalue weighted by Crippen LogP contribution is 2.29. The molecule has 0 fully saturated rings. The summed E-state index contributed by atoms with van der Waals surface area (Å²) in [7, 11) is 3.34. The van der Waals surface area contributed by atoms with Gasteiger partial charge in [-0.2, -0.15) is 0 Å². The van der Waals surface area contributed by atoms with Crippen molar-refractivity contribution in [3.05, 3.63) is 119 Å². The van der Waals surface area contributed by atoms with Gasteiger partial charge in [-0.3, -0.25) is 4.79 Å². The van der Waals surface area contributed by atoms with Crippen LogP contribution in [0.2, 0.25) is 0 Å². The molecule has 0 bridgehead atoms. The monoisotopic (exact) mass is 533 g/mol. The van der Waals surface area contributed by atoms with Gasteiger partial charge in [0, 0.05) is 37.4 Å². The highest BCUT2D eigenvalue weighted by Gasteiger charge is 2.19. The number of ether oxygens (including phenoxy) is 2. The number of nitrogens with zero attached hydrogens (tertiary/aromatic N) is 3. The van der Waals surface area contributed by atoms with Crippen molar-refractivity contribution in [1.82, 2.24) is 4.98 Å². The molecule has 0 atom stereocenters. The molecule has 0 saturated heterocycles. The van der Waals surface area contributed by atoms with Gasteiger partial charge in [0.15, 0.2) is 6.29 Å². The fourth-order valence-corrected chi connectivity index (χ4v) is 5.05. The average Bonchev–Trinajstić information content (AvgIpc) is 3.01. The minimum absolute atomic E-state index is 0.618. The Morgan fingerprint density at radius 1 is 0.875 bits per heavy atom. The Morgan fingerprint density at radius 2 is 1.52 bits per heavy atom. The van der Waals surface area contributed by atoms with Gasteiger partial charge in [-0.1, -0.05) is 42.5 Å². The first-order chi connectivity index (χ1) is 19.6. The quantitative estimate of drug-likeness (QED) is 0.211. The van der Waals surface area contributed by atoms with E-state index < -0.39 is 0 Å². The maximum Gasteiger partial charge on any atom is 0.152 e. The van der Waals surface area contributed by atoms with Crippen LogP contribution in [0.5, 0.6) is 11.5 Å². The maximum atomic E-state index is 12.1. The minimum Gasteiger partial charge on any atom is -0.497 e. The van der Waals surface area contributed by atoms with Crippen LogP contribution in [0.25, 0.3) is 5.57 Å². The molecule has 0 spiro atoms. The van der Waals surface area contributed by atoms with Crippen LogP contribution < -0.4 is 19.3 Å². The van der Waals surface area contributed by atoms with Crippen molar-refractivity contribution in [3.63, 3.8) is 0 Å². The van der Waals surface area contributed by atoms with Gasteiger partial charge in [0.2, 0.25) is 0 Å². The van der Waals surface area contributed by atoms with Crippen LogP contribution in [0.1, 0.15) is 39.2 Å². The molecule has 0 saturated carbocycles. The number of aryl methyl sites for hydroxylation is 1. The molecule has 1 aliphatic rings. The Kier molecular flexibility index (Phi) is 8.45. The number of aldehydes is 1. The molecule has 6 heteroatoms. The topological polar surface area (TPSA) is 54.9 Å². The summed E-state index contributed by atoms with van der Waals surface area (Å²) in [6, 6.07) is 28.6. The van der Waals surface area contributed by atoms with Crippen LogP contribution in [0.4, 0.5) is 11.5 Å². The van der Waals surface area contributed by atoms with Crippen LogP contribution in [0, 0.1) is 6.92 Å². The van der Waals surface area contributed by atoms with E-state index in [4.69, 9.17) is 14.5 Å². The van der Waals surface area contributed by atoms with E-state index in [1.165, 1.54) is 11.3 Å². The zero-order chi connectivity index (χ0) is 27.9. The number of benzene rings is 3. The molecule has 4 aromatic rings. The second kappa shape index (κ2) is 12.5. The first kappa shape index (κ1) is 27.0. The van der Waals surface area contributed by atoms with Crippen molar-refractivity contribution in [2.45, 2.75) is 26.4 Å². The summed E-state index contributed by atoms with van der Waals surface area (Å²) in [6.45, 7) is 5.08. The third-order valence-electron chi connectivity index (χ3n) is 7.31. The molecule has 5 rings (SSSR count). The van der Waals surface area contributed by atoms with Gasteiger partial charge >= 0.3 is 0 Å². The van der Waals surface area contributed by atoms with Gasteiger partial charge in [0.1, 0.15) is 17.3 Å². The minimum atomic E-state index is 0.618. The normalized spacial score (nSPS) is 13.0. The third kappa shape index (κ3) is 6.34. The standard InChI is InChI=1S/C34H35N3O3/c1-25-5-4-6-30(21-25)36-19-17-28(18-20-36)34-29(24-38)11-16-33(35-34)37(22-26-7-12-31(39-2)13-8-26)23-27-9-14-32(40-3)15-10-27/h4-17,21,24H,18-20,22-23H2,1-3H3. The smallest absolute Gasteiger partial charge is 0.152 e. The van der Waals surface area contributed by atoms with Gasteiger partial charge < -0.3 is 19.3 Å². The van der Waals surface area contributed by atoms with Crippen LogP contribution in [-0.2, 0) is 13.1 Å². The number of hydrogen-bond acceptors (Lipinski definition) is 6. The van der Waals surface area contributed by atoms with Gasteiger partial charge in [0.05, 0.1) is 19.9 Å². The van der Waals surface area contributed by atoms with Gasteiger partial charge in [-0.05, 0) is 84.1 Å². The van der Waals surface area contributed by atoms with Crippen LogP contribution in [0.15, 0.2) is 91.0 Å². The lowest BCUT2D eigenvalue weighted by molar-refractivity contribution is 0.112. The predicted molar refractivity (Wildman–Crippen MR) is 161 cm³/mol. The van der Waals surface area contributed by atoms with E-state index in [0.29, 0.717) is 18.7 Å². The van der Waals surface area contributed by atoms with Gasteiger partial charge in [0.25, 0.3) is 0 Å². The molecular weight excluding hydrogens is 498 g/mol. The van der Waals surface area contributed by atoms with Gasteiger partial charge in [-0.15, -0.1) is 0 Å². The van der Waals surface area contributed by atoms with E-state index in [1.807, 2.05) is 36.4 Å². The molecular formula is C34H35N3O3. The summed E-state index contributed by atoms with van der Waals surface area (Å²) in [6.07, 6.45) is 3.95. The number of methoxy groups -OCH3 is 2. The zero-order valence-corrected chi connectivity index (χ0v) is 23.3. The van der Waals surface area contributed by atoms with Crippen molar-refractivity contribution in [1.29, 1.82) is 0 Å². The van der Waals surface area contributed by atoms with Crippen LogP contribution in [0.3, 0.4) is 0 Å². The molecule has 3 aromatic carbocycles. The Bertz CT molecular complexity index is 1430. The van der Waals surface area contributed by atoms with E-state index in [2.05, 4.69) is 71.3 Å². The summed E-state index contributed by atoms with van der Waals surface area (Å²) >= 11 is 0. The Labute approximate surface area is 236 Å². The molecule has 0 unspecified atom stereocenters. The highest BCUT2D eigenvalue weighted by atomic mass is 16.5. The first-order valence-corrected chi connectivity index (χ1v) is 13.5. The number of rotatable bonds is 10. The number of carbonyl (C=O) groups is 1. The summed E-state index contributed by atoms with van der Waals surface area (Å²) in [5.41, 5.74) is 7.25. The second-order valence-electron chi connectivity index (χ2n) is 10.0. The van der Waals surface area contributed by atoms with E-state index in [0.717, 1.165) is 65.5 Å². The average molecular weight is 534 g/mol. The first-order valence-electron chi connectivity index (χ1n) is 13.5. The Balaban J connectivity index is 1.45. The van der Waals surface area contributed by atoms with Crippen molar-refractivity contribution >= 4 is 23.4 Å². The molecule has 1 aliphatic heterocycles. The summed E-state index contributed by atoms with van der Waals surface area (Å²) in [4.78, 5) is 21.8. The largest absolute Gasteiger partial charge is 0.497 e. The summed E-state index contributed by atoms with van der Waals surface area (Å²) in [5, 5.41) is 0. The molecule has 6 nitrogen and oxygen atoms in total. The highest BCUT2D eigenvalue weighted by molar-refractivity contribution is 5.85. The number of carbonyl (C=O) groups excluding carboxylic acids is 1. The predicted octanol–water partition coefficient (Wildman–Crippen LogP) is 6.72. The second-order valence-corrected chi connectivity index (χ2v) is 10.0. The molecule has 0 N–H and O–H groups in total. The van der Waals surface area contributed by atoms with Crippen molar-refractivity contribution in [2.24, 2.45) is 0 Å². The lowest BCUT2D eigenvalue weighted by Crippen LogP contribution is -2.28. The Hall–Kier alpha value is -4.58. The van der Waals surface area contributed by atoms with Crippen molar-refractivity contribution in [3.8, 4) is 11.5 Å². The van der Waals surface area contributed by atoms with Crippen molar-refractivity contribution in [2.75, 3.05) is 37.1 Å². The van der Waals surface area contributed by atoms with Crippen molar-refractivity contribution < 1.29 is 14.3 Å². The SMILES string of the molecule is COc1ccc(CN(Cc2ccc(OC)cc2)c2ccc(C=O)c(C3=CCN(c4cccc(C)c4)CC3)n2)cc1. The molecule has 0 radical (unpaired) electrons. The number of pyridine rings is 1. The summed E-state index contributed by atoms with van der Waals surface area (Å²) in [5.74, 6) is 2.48. The molecule has 0 amide bonds. The van der Waals surface area contributed by atoms with E-state index in [9.17, 15) is 4.79 Å². The molecule has 2 heterocycles. The van der Waals surface area contributed by atoms with E-state index in [1.54, 1.807) is 14.2 Å². The molecule has 204 valence electrons. The van der Waals surface area contributed by atoms with E-state index >= 15 is 0 Å². The van der Waals surface area contributed by atoms with E-state index in [-0.39, 0.29) is 0 Å².